The van der Waals surface area contributed by atoms with Crippen molar-refractivity contribution in [2.45, 2.75) is 10.1 Å². The van der Waals surface area contributed by atoms with Crippen molar-refractivity contribution in [3.63, 3.8) is 0 Å². The molecule has 0 aliphatic carbocycles. The van der Waals surface area contributed by atoms with Crippen LogP contribution in [0.25, 0.3) is 0 Å². The van der Waals surface area contributed by atoms with Gasteiger partial charge < -0.3 is 5.32 Å². The zero-order valence-electron chi connectivity index (χ0n) is 8.88. The van der Waals surface area contributed by atoms with Gasteiger partial charge in [-0.15, -0.1) is 0 Å². The number of nitrogens with zero attached hydrogens (tertiary/aromatic N) is 2. The molecule has 0 aliphatic rings. The Labute approximate surface area is 102 Å². The molecule has 0 bridgehead atoms. The highest BCUT2D eigenvalue weighted by Crippen LogP contribution is 2.24. The van der Waals surface area contributed by atoms with E-state index >= 15 is 0 Å². The molecule has 6 heteroatoms. The Kier molecular flexibility index (Phi) is 3.56. The van der Waals surface area contributed by atoms with Gasteiger partial charge in [0.1, 0.15) is 6.33 Å². The standard InChI is InChI=1S/C11H10N4OS/c1-2-10(16)14-8-3-5-9(6-4-8)17-11-12-7-13-15-11/h2-7H,1H2,(H,14,16)(H,12,13,15). The Hall–Kier alpha value is -2.08. The van der Waals surface area contributed by atoms with Crippen molar-refractivity contribution in [2.75, 3.05) is 5.32 Å². The van der Waals surface area contributed by atoms with Gasteiger partial charge in [0.05, 0.1) is 0 Å². The van der Waals surface area contributed by atoms with Gasteiger partial charge in [-0.3, -0.25) is 9.89 Å². The zero-order chi connectivity index (χ0) is 12.1. The number of H-pyrrole nitrogens is 1. The predicted molar refractivity (Wildman–Crippen MR) is 65.8 cm³/mol. The molecule has 0 fully saturated rings. The molecule has 17 heavy (non-hydrogen) atoms. The second-order valence-electron chi connectivity index (χ2n) is 3.11. The second-order valence-corrected chi connectivity index (χ2v) is 4.17. The Bertz CT molecular complexity index is 507. The van der Waals surface area contributed by atoms with Crippen molar-refractivity contribution >= 4 is 23.4 Å². The van der Waals surface area contributed by atoms with E-state index < -0.39 is 0 Å². The molecule has 1 aromatic carbocycles. The summed E-state index contributed by atoms with van der Waals surface area (Å²) in [6.07, 6.45) is 2.69. The predicted octanol–water partition coefficient (Wildman–Crippen LogP) is 2.08. The van der Waals surface area contributed by atoms with Crippen LogP contribution >= 0.6 is 11.8 Å². The van der Waals surface area contributed by atoms with Gasteiger partial charge >= 0.3 is 0 Å². The third kappa shape index (κ3) is 3.18. The zero-order valence-corrected chi connectivity index (χ0v) is 9.70. The maximum absolute atomic E-state index is 11.1. The van der Waals surface area contributed by atoms with Gasteiger partial charge in [-0.1, -0.05) is 18.3 Å². The summed E-state index contributed by atoms with van der Waals surface area (Å²) >= 11 is 1.47. The molecule has 86 valence electrons. The summed E-state index contributed by atoms with van der Waals surface area (Å²) in [7, 11) is 0. The fraction of sp³-hybridized carbons (Fsp3) is 0. The molecule has 0 saturated carbocycles. The molecule has 2 N–H and O–H groups in total. The molecule has 0 atom stereocenters. The first kappa shape index (κ1) is 11.4. The minimum Gasteiger partial charge on any atom is -0.323 e. The van der Waals surface area contributed by atoms with Gasteiger partial charge in [-0.05, 0) is 30.3 Å². The molecule has 5 nitrogen and oxygen atoms in total. The Morgan fingerprint density at radius 1 is 1.41 bits per heavy atom. The van der Waals surface area contributed by atoms with E-state index in [0.717, 1.165) is 15.7 Å². The van der Waals surface area contributed by atoms with Crippen LogP contribution < -0.4 is 5.32 Å². The van der Waals surface area contributed by atoms with Crippen LogP contribution in [0.2, 0.25) is 0 Å². The van der Waals surface area contributed by atoms with E-state index in [4.69, 9.17) is 0 Å². The summed E-state index contributed by atoms with van der Waals surface area (Å²) in [6, 6.07) is 7.43. The Balaban J connectivity index is 2.02. The van der Waals surface area contributed by atoms with Gasteiger partial charge in [0.25, 0.3) is 0 Å². The first-order chi connectivity index (χ1) is 8.28. The van der Waals surface area contributed by atoms with E-state index in [1.807, 2.05) is 24.3 Å². The summed E-state index contributed by atoms with van der Waals surface area (Å²) in [4.78, 5) is 16.1. The van der Waals surface area contributed by atoms with Crippen LogP contribution in [-0.2, 0) is 4.79 Å². The maximum Gasteiger partial charge on any atom is 0.247 e. The van der Waals surface area contributed by atoms with E-state index in [2.05, 4.69) is 27.1 Å². The van der Waals surface area contributed by atoms with Crippen molar-refractivity contribution in [1.29, 1.82) is 0 Å². The number of carbonyl (C=O) groups excluding carboxylic acids is 1. The molecule has 2 rings (SSSR count). The number of nitrogens with one attached hydrogen (secondary N) is 2. The second kappa shape index (κ2) is 5.31. The lowest BCUT2D eigenvalue weighted by molar-refractivity contribution is -0.111. The number of carbonyl (C=O) groups is 1. The Morgan fingerprint density at radius 2 is 2.18 bits per heavy atom. The average Bonchev–Trinajstić information content (AvgIpc) is 2.84. The Morgan fingerprint density at radius 3 is 2.76 bits per heavy atom. The van der Waals surface area contributed by atoms with Crippen LogP contribution in [0.3, 0.4) is 0 Å². The lowest BCUT2D eigenvalue weighted by atomic mass is 10.3. The quantitative estimate of drug-likeness (QED) is 0.810. The minimum atomic E-state index is -0.222. The molecular formula is C11H10N4OS. The number of rotatable bonds is 4. The van der Waals surface area contributed by atoms with Crippen LogP contribution in [-0.4, -0.2) is 21.1 Å². The summed E-state index contributed by atoms with van der Waals surface area (Å²) in [6.45, 7) is 3.39. The highest BCUT2D eigenvalue weighted by Gasteiger charge is 2.01. The van der Waals surface area contributed by atoms with Crippen molar-refractivity contribution < 1.29 is 4.79 Å². The SMILES string of the molecule is C=CC(=O)Nc1ccc(Sc2ncn[nH]2)cc1. The largest absolute Gasteiger partial charge is 0.323 e. The molecular weight excluding hydrogens is 236 g/mol. The van der Waals surface area contributed by atoms with Gasteiger partial charge in [0.15, 0.2) is 5.16 Å². The lowest BCUT2D eigenvalue weighted by Crippen LogP contribution is -2.06. The molecule has 0 unspecified atom stereocenters. The molecule has 0 radical (unpaired) electrons. The van der Waals surface area contributed by atoms with E-state index in [1.165, 1.54) is 24.2 Å². The van der Waals surface area contributed by atoms with Crippen molar-refractivity contribution in [1.82, 2.24) is 15.2 Å². The number of benzene rings is 1. The molecule has 0 saturated heterocycles. The third-order valence-electron chi connectivity index (χ3n) is 1.91. The maximum atomic E-state index is 11.1. The molecule has 1 heterocycles. The number of aromatic amines is 1. The van der Waals surface area contributed by atoms with E-state index in [9.17, 15) is 4.79 Å². The summed E-state index contributed by atoms with van der Waals surface area (Å²) in [5.74, 6) is -0.222. The smallest absolute Gasteiger partial charge is 0.247 e. The van der Waals surface area contributed by atoms with E-state index in [-0.39, 0.29) is 5.91 Å². The summed E-state index contributed by atoms with van der Waals surface area (Å²) in [5, 5.41) is 9.93. The number of anilines is 1. The highest BCUT2D eigenvalue weighted by atomic mass is 32.2. The first-order valence-electron chi connectivity index (χ1n) is 4.84. The van der Waals surface area contributed by atoms with E-state index in [1.54, 1.807) is 0 Å². The first-order valence-corrected chi connectivity index (χ1v) is 5.66. The lowest BCUT2D eigenvalue weighted by Gasteiger charge is -2.03. The van der Waals surface area contributed by atoms with Crippen LogP contribution in [0.4, 0.5) is 5.69 Å². The van der Waals surface area contributed by atoms with Crippen LogP contribution in [0, 0.1) is 0 Å². The molecule has 1 amide bonds. The summed E-state index contributed by atoms with van der Waals surface area (Å²) in [5.41, 5.74) is 0.733. The van der Waals surface area contributed by atoms with Gasteiger partial charge in [-0.25, -0.2) is 4.98 Å². The number of hydrogen-bond donors (Lipinski definition) is 2. The summed E-state index contributed by atoms with van der Waals surface area (Å²) < 4.78 is 0. The minimum absolute atomic E-state index is 0.222. The van der Waals surface area contributed by atoms with Crippen LogP contribution in [0.15, 0.2) is 53.3 Å². The molecule has 2 aromatic rings. The van der Waals surface area contributed by atoms with Gasteiger partial charge in [0, 0.05) is 10.6 Å². The van der Waals surface area contributed by atoms with Crippen molar-refractivity contribution in [3.05, 3.63) is 43.2 Å². The highest BCUT2D eigenvalue weighted by molar-refractivity contribution is 7.99. The van der Waals surface area contributed by atoms with Crippen LogP contribution in [0.1, 0.15) is 0 Å². The third-order valence-corrected chi connectivity index (χ3v) is 2.81. The molecule has 0 spiro atoms. The van der Waals surface area contributed by atoms with Crippen molar-refractivity contribution in [3.8, 4) is 0 Å². The number of amides is 1. The van der Waals surface area contributed by atoms with E-state index in [0.29, 0.717) is 0 Å². The molecule has 1 aromatic heterocycles. The topological polar surface area (TPSA) is 70.7 Å². The fourth-order valence-corrected chi connectivity index (χ4v) is 1.85. The average molecular weight is 246 g/mol. The van der Waals surface area contributed by atoms with Gasteiger partial charge in [-0.2, -0.15) is 5.10 Å². The fourth-order valence-electron chi connectivity index (χ4n) is 1.15. The number of aromatic nitrogens is 3. The monoisotopic (exact) mass is 246 g/mol. The van der Waals surface area contributed by atoms with Gasteiger partial charge in [0.2, 0.25) is 5.91 Å². The normalized spacial score (nSPS) is 9.88. The van der Waals surface area contributed by atoms with Crippen molar-refractivity contribution in [2.24, 2.45) is 0 Å². The molecule has 0 aliphatic heterocycles. The number of hydrogen-bond acceptors (Lipinski definition) is 4. The van der Waals surface area contributed by atoms with Crippen LogP contribution in [0.5, 0.6) is 0 Å².